The average Bonchev–Trinajstić information content (AvgIpc) is 2.60. The molecule has 1 fully saturated rings. The van der Waals surface area contributed by atoms with E-state index in [1.165, 1.54) is 11.8 Å². The number of anilines is 1. The molecule has 130 valence electrons. The van der Waals surface area contributed by atoms with Gasteiger partial charge in [0.1, 0.15) is 0 Å². The van der Waals surface area contributed by atoms with Crippen LogP contribution in [0.5, 0.6) is 0 Å². The summed E-state index contributed by atoms with van der Waals surface area (Å²) >= 11 is 1.53. The minimum Gasteiger partial charge on any atom is -0.376 e. The van der Waals surface area contributed by atoms with Gasteiger partial charge < -0.3 is 15.0 Å². The molecule has 0 bridgehead atoms. The molecule has 2 heterocycles. The summed E-state index contributed by atoms with van der Waals surface area (Å²) in [5.41, 5.74) is 1.37. The third kappa shape index (κ3) is 3.75. The highest BCUT2D eigenvalue weighted by Gasteiger charge is 2.27. The third-order valence-corrected chi connectivity index (χ3v) is 5.56. The van der Waals surface area contributed by atoms with E-state index in [2.05, 4.69) is 12.2 Å². The number of hydrogen-bond acceptors (Lipinski definition) is 4. The summed E-state index contributed by atoms with van der Waals surface area (Å²) in [5.74, 6) is 0.00331. The van der Waals surface area contributed by atoms with Crippen molar-refractivity contribution in [2.45, 2.75) is 49.4 Å². The van der Waals surface area contributed by atoms with Crippen LogP contribution in [-0.4, -0.2) is 47.8 Å². The largest absolute Gasteiger partial charge is 0.376 e. The first-order chi connectivity index (χ1) is 11.6. The Kier molecular flexibility index (Phi) is 5.46. The minimum absolute atomic E-state index is 0.0110. The number of fused-ring (bicyclic) bond motifs is 1. The zero-order valence-electron chi connectivity index (χ0n) is 14.2. The van der Waals surface area contributed by atoms with Crippen LogP contribution in [0.15, 0.2) is 23.1 Å². The number of rotatable bonds is 4. The molecule has 5 nitrogen and oxygen atoms in total. The second-order valence-corrected chi connectivity index (χ2v) is 7.73. The van der Waals surface area contributed by atoms with E-state index >= 15 is 0 Å². The molecule has 0 aliphatic carbocycles. The number of carbonyl (C=O) groups is 2. The van der Waals surface area contributed by atoms with Crippen LogP contribution in [0, 0.1) is 0 Å². The highest BCUT2D eigenvalue weighted by Crippen LogP contribution is 2.36. The summed E-state index contributed by atoms with van der Waals surface area (Å²) in [6.45, 7) is 6.12. The first-order valence-electron chi connectivity index (χ1n) is 8.61. The van der Waals surface area contributed by atoms with Crippen molar-refractivity contribution >= 4 is 29.3 Å². The molecule has 2 unspecified atom stereocenters. The lowest BCUT2D eigenvalue weighted by molar-refractivity contribution is -0.115. The fraction of sp³-hybridized carbons (Fsp3) is 0.556. The molecule has 0 saturated carbocycles. The molecule has 24 heavy (non-hydrogen) atoms. The lowest BCUT2D eigenvalue weighted by atomic mass is 10.1. The molecular weight excluding hydrogens is 324 g/mol. The molecule has 2 aliphatic heterocycles. The van der Waals surface area contributed by atoms with Crippen LogP contribution < -0.4 is 5.32 Å². The number of carbonyl (C=O) groups excluding carboxylic acids is 2. The van der Waals surface area contributed by atoms with Crippen LogP contribution in [0.2, 0.25) is 0 Å². The second-order valence-electron chi connectivity index (χ2n) is 6.35. The van der Waals surface area contributed by atoms with Gasteiger partial charge in [-0.1, -0.05) is 6.92 Å². The van der Waals surface area contributed by atoms with Crippen molar-refractivity contribution in [1.82, 2.24) is 4.90 Å². The standard InChI is InChI=1S/C18H24N2O3S/c1-3-9-23-14-5-4-8-20(11-14)18(22)13-6-7-16-15(10-13)19-17(21)12(2)24-16/h6-7,10,12,14H,3-5,8-9,11H2,1-2H3,(H,19,21). The molecule has 0 spiro atoms. The van der Waals surface area contributed by atoms with E-state index in [1.54, 1.807) is 6.07 Å². The van der Waals surface area contributed by atoms with Gasteiger partial charge in [0, 0.05) is 30.2 Å². The fourth-order valence-electron chi connectivity index (χ4n) is 3.07. The molecule has 2 atom stereocenters. The van der Waals surface area contributed by atoms with Gasteiger partial charge in [0.05, 0.1) is 17.0 Å². The Morgan fingerprint density at radius 2 is 2.29 bits per heavy atom. The lowest BCUT2D eigenvalue weighted by Crippen LogP contribution is -2.43. The Hall–Kier alpha value is -1.53. The quantitative estimate of drug-likeness (QED) is 0.908. The zero-order chi connectivity index (χ0) is 17.1. The van der Waals surface area contributed by atoms with Crippen molar-refractivity contribution < 1.29 is 14.3 Å². The summed E-state index contributed by atoms with van der Waals surface area (Å²) in [5, 5.41) is 2.79. The van der Waals surface area contributed by atoms with E-state index < -0.39 is 0 Å². The number of hydrogen-bond donors (Lipinski definition) is 1. The number of nitrogens with one attached hydrogen (secondary N) is 1. The lowest BCUT2D eigenvalue weighted by Gasteiger charge is -2.33. The summed E-state index contributed by atoms with van der Waals surface area (Å²) in [4.78, 5) is 27.5. The molecule has 6 heteroatoms. The number of thioether (sulfide) groups is 1. The van der Waals surface area contributed by atoms with Gasteiger partial charge in [-0.25, -0.2) is 0 Å². The number of likely N-dealkylation sites (tertiary alicyclic amines) is 1. The van der Waals surface area contributed by atoms with Crippen LogP contribution in [0.1, 0.15) is 43.5 Å². The van der Waals surface area contributed by atoms with Crippen molar-refractivity contribution in [1.29, 1.82) is 0 Å². The van der Waals surface area contributed by atoms with Crippen LogP contribution in [-0.2, 0) is 9.53 Å². The molecule has 1 saturated heterocycles. The Morgan fingerprint density at radius 1 is 1.46 bits per heavy atom. The Balaban J connectivity index is 1.71. The molecule has 3 rings (SSSR count). The molecule has 0 radical (unpaired) electrons. The Bertz CT molecular complexity index is 635. The number of piperidine rings is 1. The van der Waals surface area contributed by atoms with Crippen molar-refractivity contribution in [3.8, 4) is 0 Å². The topological polar surface area (TPSA) is 58.6 Å². The smallest absolute Gasteiger partial charge is 0.254 e. The summed E-state index contributed by atoms with van der Waals surface area (Å²) < 4.78 is 5.81. The molecule has 0 aromatic heterocycles. The van der Waals surface area contributed by atoms with Gasteiger partial charge in [0.2, 0.25) is 5.91 Å². The highest BCUT2D eigenvalue weighted by molar-refractivity contribution is 8.00. The van der Waals surface area contributed by atoms with Crippen LogP contribution in [0.3, 0.4) is 0 Å². The second kappa shape index (κ2) is 7.57. The van der Waals surface area contributed by atoms with Crippen molar-refractivity contribution in [2.24, 2.45) is 0 Å². The van der Waals surface area contributed by atoms with E-state index in [1.807, 2.05) is 24.0 Å². The normalized spacial score (nSPS) is 23.6. The molecule has 1 N–H and O–H groups in total. The molecule has 2 aliphatic rings. The maximum absolute atomic E-state index is 12.8. The van der Waals surface area contributed by atoms with Crippen molar-refractivity contribution in [2.75, 3.05) is 25.0 Å². The van der Waals surface area contributed by atoms with E-state index in [0.29, 0.717) is 12.1 Å². The highest BCUT2D eigenvalue weighted by atomic mass is 32.2. The number of amides is 2. The fourth-order valence-corrected chi connectivity index (χ4v) is 4.00. The van der Waals surface area contributed by atoms with Gasteiger partial charge in [-0.15, -0.1) is 11.8 Å². The Morgan fingerprint density at radius 3 is 3.08 bits per heavy atom. The van der Waals surface area contributed by atoms with E-state index in [-0.39, 0.29) is 23.2 Å². The maximum Gasteiger partial charge on any atom is 0.254 e. The van der Waals surface area contributed by atoms with Crippen LogP contribution in [0.25, 0.3) is 0 Å². The monoisotopic (exact) mass is 348 g/mol. The summed E-state index contributed by atoms with van der Waals surface area (Å²) in [6, 6.07) is 5.58. The minimum atomic E-state index is -0.0994. The Labute approximate surface area is 147 Å². The average molecular weight is 348 g/mol. The van der Waals surface area contributed by atoms with E-state index in [9.17, 15) is 9.59 Å². The van der Waals surface area contributed by atoms with Gasteiger partial charge in [0.25, 0.3) is 5.91 Å². The number of benzene rings is 1. The van der Waals surface area contributed by atoms with Gasteiger partial charge in [-0.2, -0.15) is 0 Å². The number of ether oxygens (including phenoxy) is 1. The van der Waals surface area contributed by atoms with Gasteiger partial charge in [-0.3, -0.25) is 9.59 Å². The van der Waals surface area contributed by atoms with E-state index in [0.717, 1.165) is 43.0 Å². The van der Waals surface area contributed by atoms with Crippen molar-refractivity contribution in [3.05, 3.63) is 23.8 Å². The SMILES string of the molecule is CCCOC1CCCN(C(=O)c2ccc3c(c2)NC(=O)C(C)S3)C1. The summed E-state index contributed by atoms with van der Waals surface area (Å²) in [7, 11) is 0. The molecule has 2 amide bonds. The first kappa shape index (κ1) is 17.3. The van der Waals surface area contributed by atoms with Gasteiger partial charge >= 0.3 is 0 Å². The van der Waals surface area contributed by atoms with Gasteiger partial charge in [-0.05, 0) is 44.4 Å². The van der Waals surface area contributed by atoms with Crippen LogP contribution >= 0.6 is 11.8 Å². The maximum atomic E-state index is 12.8. The summed E-state index contributed by atoms with van der Waals surface area (Å²) in [6.07, 6.45) is 3.11. The molecular formula is C18H24N2O3S. The third-order valence-electron chi connectivity index (χ3n) is 4.38. The van der Waals surface area contributed by atoms with Crippen LogP contribution in [0.4, 0.5) is 5.69 Å². The first-order valence-corrected chi connectivity index (χ1v) is 9.49. The van der Waals surface area contributed by atoms with E-state index in [4.69, 9.17) is 4.74 Å². The van der Waals surface area contributed by atoms with Crippen molar-refractivity contribution in [3.63, 3.8) is 0 Å². The predicted octanol–water partition coefficient (Wildman–Crippen LogP) is 3.15. The van der Waals surface area contributed by atoms with Gasteiger partial charge in [0.15, 0.2) is 0 Å². The molecule has 1 aromatic rings. The number of nitrogens with zero attached hydrogens (tertiary/aromatic N) is 1. The molecule has 1 aromatic carbocycles. The zero-order valence-corrected chi connectivity index (χ0v) is 15.0. The predicted molar refractivity (Wildman–Crippen MR) is 95.6 cm³/mol.